The number of carbonyl (C=O) groups is 1. The third-order valence-corrected chi connectivity index (χ3v) is 2.20. The van der Waals surface area contributed by atoms with Crippen LogP contribution in [0.15, 0.2) is 22.7 Å². The van der Waals surface area contributed by atoms with Crippen LogP contribution in [0.25, 0.3) is 6.08 Å². The van der Waals surface area contributed by atoms with Gasteiger partial charge in [0.1, 0.15) is 11.6 Å². The van der Waals surface area contributed by atoms with Crippen LogP contribution in [0.2, 0.25) is 0 Å². The van der Waals surface area contributed by atoms with E-state index in [1.165, 1.54) is 0 Å². The van der Waals surface area contributed by atoms with Gasteiger partial charge in [0.05, 0.1) is 4.47 Å². The van der Waals surface area contributed by atoms with Crippen LogP contribution in [-0.4, -0.2) is 11.1 Å². The van der Waals surface area contributed by atoms with Crippen molar-refractivity contribution >= 4 is 28.0 Å². The van der Waals surface area contributed by atoms with E-state index in [1.807, 2.05) is 0 Å². The van der Waals surface area contributed by atoms with Crippen molar-refractivity contribution in [2.24, 2.45) is 0 Å². The number of rotatable bonds is 2. The first-order chi connectivity index (χ1) is 6.52. The Balaban J connectivity index is 3.12. The molecule has 0 bridgehead atoms. The third-order valence-electron chi connectivity index (χ3n) is 1.47. The highest BCUT2D eigenvalue weighted by molar-refractivity contribution is 9.10. The van der Waals surface area contributed by atoms with Gasteiger partial charge in [-0.3, -0.25) is 0 Å². The van der Waals surface area contributed by atoms with Crippen LogP contribution >= 0.6 is 15.9 Å². The number of benzene rings is 1. The van der Waals surface area contributed by atoms with Crippen LogP contribution in [0.3, 0.4) is 0 Å². The maximum Gasteiger partial charge on any atom is 0.328 e. The van der Waals surface area contributed by atoms with Crippen LogP contribution in [0, 0.1) is 11.6 Å². The summed E-state index contributed by atoms with van der Waals surface area (Å²) in [6.07, 6.45) is 1.84. The van der Waals surface area contributed by atoms with E-state index in [9.17, 15) is 13.6 Å². The summed E-state index contributed by atoms with van der Waals surface area (Å²) in [6, 6.07) is 2.21. The fourth-order valence-electron chi connectivity index (χ4n) is 0.831. The van der Waals surface area contributed by atoms with Gasteiger partial charge in [-0.2, -0.15) is 0 Å². The number of aliphatic carboxylic acids is 1. The quantitative estimate of drug-likeness (QED) is 0.658. The minimum Gasteiger partial charge on any atom is -0.478 e. The Hall–Kier alpha value is -1.23. The van der Waals surface area contributed by atoms with E-state index in [0.29, 0.717) is 0 Å². The second-order valence-corrected chi connectivity index (χ2v) is 3.23. The second kappa shape index (κ2) is 4.32. The monoisotopic (exact) mass is 262 g/mol. The van der Waals surface area contributed by atoms with E-state index < -0.39 is 17.6 Å². The highest BCUT2D eigenvalue weighted by Crippen LogP contribution is 2.23. The van der Waals surface area contributed by atoms with Crippen molar-refractivity contribution in [3.63, 3.8) is 0 Å². The molecule has 0 spiro atoms. The molecule has 74 valence electrons. The molecule has 0 aliphatic carbocycles. The Kier molecular flexibility index (Phi) is 3.35. The Bertz CT molecular complexity index is 402. The first kappa shape index (κ1) is 10.8. The van der Waals surface area contributed by atoms with Crippen molar-refractivity contribution in [1.82, 2.24) is 0 Å². The average Bonchev–Trinajstić information content (AvgIpc) is 2.13. The van der Waals surface area contributed by atoms with Gasteiger partial charge in [-0.15, -0.1) is 0 Å². The first-order valence-corrected chi connectivity index (χ1v) is 4.36. The molecule has 0 aliphatic rings. The molecule has 0 atom stereocenters. The molecule has 0 fully saturated rings. The van der Waals surface area contributed by atoms with Crippen molar-refractivity contribution in [3.05, 3.63) is 39.9 Å². The summed E-state index contributed by atoms with van der Waals surface area (Å²) in [4.78, 5) is 10.1. The summed E-state index contributed by atoms with van der Waals surface area (Å²) in [6.45, 7) is 0. The molecule has 1 aromatic carbocycles. The smallest absolute Gasteiger partial charge is 0.328 e. The molecule has 0 amide bonds. The number of hydrogen-bond acceptors (Lipinski definition) is 1. The number of carboxylic acids is 1. The van der Waals surface area contributed by atoms with Gasteiger partial charge in [-0.25, -0.2) is 13.6 Å². The molecule has 1 N–H and O–H groups in total. The van der Waals surface area contributed by atoms with E-state index >= 15 is 0 Å². The molecule has 5 heteroatoms. The minimum absolute atomic E-state index is 0.0145. The predicted molar refractivity (Wildman–Crippen MR) is 50.7 cm³/mol. The lowest BCUT2D eigenvalue weighted by Crippen LogP contribution is -1.90. The zero-order chi connectivity index (χ0) is 10.7. The van der Waals surface area contributed by atoms with Crippen LogP contribution < -0.4 is 0 Å². The van der Waals surface area contributed by atoms with Gasteiger partial charge in [-0.05, 0) is 34.1 Å². The molecule has 1 aromatic rings. The molecule has 0 saturated heterocycles. The lowest BCUT2D eigenvalue weighted by Gasteiger charge is -1.99. The Morgan fingerprint density at radius 1 is 1.43 bits per heavy atom. The van der Waals surface area contributed by atoms with Gasteiger partial charge in [0, 0.05) is 11.6 Å². The van der Waals surface area contributed by atoms with Crippen LogP contribution in [-0.2, 0) is 4.79 Å². The summed E-state index contributed by atoms with van der Waals surface area (Å²) >= 11 is 2.71. The summed E-state index contributed by atoms with van der Waals surface area (Å²) < 4.78 is 25.6. The van der Waals surface area contributed by atoms with E-state index in [0.717, 1.165) is 24.3 Å². The predicted octanol–water partition coefficient (Wildman–Crippen LogP) is 2.83. The summed E-state index contributed by atoms with van der Waals surface area (Å²) in [7, 11) is 0. The van der Waals surface area contributed by atoms with Crippen molar-refractivity contribution in [2.45, 2.75) is 0 Å². The van der Waals surface area contributed by atoms with Crippen LogP contribution in [0.1, 0.15) is 5.56 Å². The SMILES string of the molecule is O=C(O)C=Cc1ccc(F)c(Br)c1F. The molecular weight excluding hydrogens is 258 g/mol. The number of carboxylic acid groups (broad SMARTS) is 1. The van der Waals surface area contributed by atoms with E-state index in [4.69, 9.17) is 5.11 Å². The molecule has 0 heterocycles. The minimum atomic E-state index is -1.19. The topological polar surface area (TPSA) is 37.3 Å². The van der Waals surface area contributed by atoms with Gasteiger partial charge in [0.25, 0.3) is 0 Å². The lowest BCUT2D eigenvalue weighted by molar-refractivity contribution is -0.131. The molecule has 0 unspecified atom stereocenters. The standard InChI is InChI=1S/C9H5BrF2O2/c10-8-6(11)3-1-5(9(8)12)2-4-7(13)14/h1-4H,(H,13,14). The van der Waals surface area contributed by atoms with Gasteiger partial charge >= 0.3 is 5.97 Å². The van der Waals surface area contributed by atoms with Gasteiger partial charge in [0.2, 0.25) is 0 Å². The lowest BCUT2D eigenvalue weighted by atomic mass is 10.2. The molecule has 0 aliphatic heterocycles. The van der Waals surface area contributed by atoms with Crippen LogP contribution in [0.4, 0.5) is 8.78 Å². The second-order valence-electron chi connectivity index (χ2n) is 2.44. The first-order valence-electron chi connectivity index (χ1n) is 3.57. The summed E-state index contributed by atoms with van der Waals surface area (Å²) in [5, 5.41) is 8.29. The Morgan fingerprint density at radius 2 is 2.07 bits per heavy atom. The van der Waals surface area contributed by atoms with Gasteiger partial charge < -0.3 is 5.11 Å². The summed E-state index contributed by atoms with van der Waals surface area (Å²) in [5.41, 5.74) is 0.0145. The average molecular weight is 263 g/mol. The largest absolute Gasteiger partial charge is 0.478 e. The van der Waals surface area contributed by atoms with Gasteiger partial charge in [-0.1, -0.05) is 0 Å². The van der Waals surface area contributed by atoms with E-state index in [-0.39, 0.29) is 10.0 Å². The maximum atomic E-state index is 13.2. The number of hydrogen-bond donors (Lipinski definition) is 1. The van der Waals surface area contributed by atoms with Crippen molar-refractivity contribution in [1.29, 1.82) is 0 Å². The fourth-order valence-corrected chi connectivity index (χ4v) is 1.19. The third kappa shape index (κ3) is 2.38. The van der Waals surface area contributed by atoms with Gasteiger partial charge in [0.15, 0.2) is 0 Å². The van der Waals surface area contributed by atoms with Crippen molar-refractivity contribution < 1.29 is 18.7 Å². The normalized spacial score (nSPS) is 10.8. The highest BCUT2D eigenvalue weighted by Gasteiger charge is 2.08. The summed E-state index contributed by atoms with van der Waals surface area (Å²) in [5.74, 6) is -2.73. The molecule has 14 heavy (non-hydrogen) atoms. The molecule has 2 nitrogen and oxygen atoms in total. The zero-order valence-corrected chi connectivity index (χ0v) is 8.38. The Labute approximate surface area is 87.0 Å². The Morgan fingerprint density at radius 3 is 2.64 bits per heavy atom. The molecular formula is C9H5BrF2O2. The highest BCUT2D eigenvalue weighted by atomic mass is 79.9. The molecule has 0 saturated carbocycles. The molecule has 0 radical (unpaired) electrons. The van der Waals surface area contributed by atoms with Crippen molar-refractivity contribution in [2.75, 3.05) is 0 Å². The maximum absolute atomic E-state index is 13.2. The molecule has 1 rings (SSSR count). The van der Waals surface area contributed by atoms with E-state index in [1.54, 1.807) is 0 Å². The van der Waals surface area contributed by atoms with E-state index in [2.05, 4.69) is 15.9 Å². The molecule has 0 aromatic heterocycles. The number of halogens is 3. The van der Waals surface area contributed by atoms with Crippen molar-refractivity contribution in [3.8, 4) is 0 Å². The zero-order valence-electron chi connectivity index (χ0n) is 6.80. The van der Waals surface area contributed by atoms with Crippen LogP contribution in [0.5, 0.6) is 0 Å². The fraction of sp³-hybridized carbons (Fsp3) is 0.